The second-order valence-electron chi connectivity index (χ2n) is 5.08. The van der Waals surface area contributed by atoms with Gasteiger partial charge >= 0.3 is 0 Å². The molecule has 94 valence electrons. The molecule has 0 bridgehead atoms. The van der Waals surface area contributed by atoms with Gasteiger partial charge in [-0.3, -0.25) is 0 Å². The van der Waals surface area contributed by atoms with Crippen LogP contribution in [-0.2, 0) is 4.74 Å². The molecule has 1 nitrogen and oxygen atoms in total. The van der Waals surface area contributed by atoms with Crippen molar-refractivity contribution in [3.8, 4) is 11.8 Å². The number of hydrogen-bond acceptors (Lipinski definition) is 1. The van der Waals surface area contributed by atoms with E-state index in [2.05, 4.69) is 39.5 Å². The highest BCUT2D eigenvalue weighted by Crippen LogP contribution is 2.06. The van der Waals surface area contributed by atoms with E-state index in [0.717, 1.165) is 32.0 Å². The zero-order valence-corrected chi connectivity index (χ0v) is 11.5. The van der Waals surface area contributed by atoms with Crippen molar-refractivity contribution in [1.82, 2.24) is 0 Å². The molecule has 0 aromatic carbocycles. The van der Waals surface area contributed by atoms with E-state index in [-0.39, 0.29) is 0 Å². The molecule has 0 radical (unpaired) electrons. The lowest BCUT2D eigenvalue weighted by molar-refractivity contribution is 0.128. The van der Waals surface area contributed by atoms with Gasteiger partial charge in [-0.1, -0.05) is 40.5 Å². The van der Waals surface area contributed by atoms with Crippen molar-refractivity contribution in [3.63, 3.8) is 0 Å². The summed E-state index contributed by atoms with van der Waals surface area (Å²) in [4.78, 5) is 0. The number of unbranched alkanes of at least 4 members (excludes halogenated alkanes) is 2. The average Bonchev–Trinajstić information content (AvgIpc) is 2.20. The second-order valence-corrected chi connectivity index (χ2v) is 5.08. The third-order valence-corrected chi connectivity index (χ3v) is 2.30. The molecular formula is C15H28O. The lowest BCUT2D eigenvalue weighted by atomic mass is 10.1. The van der Waals surface area contributed by atoms with E-state index in [1.165, 1.54) is 19.3 Å². The van der Waals surface area contributed by atoms with Crippen LogP contribution in [0.5, 0.6) is 0 Å². The van der Waals surface area contributed by atoms with Gasteiger partial charge in [-0.25, -0.2) is 0 Å². The molecule has 0 aliphatic rings. The minimum atomic E-state index is 0.497. The molecule has 0 aliphatic carbocycles. The van der Waals surface area contributed by atoms with Crippen molar-refractivity contribution in [1.29, 1.82) is 0 Å². The van der Waals surface area contributed by atoms with Gasteiger partial charge in [-0.2, -0.15) is 0 Å². The number of hydrogen-bond donors (Lipinski definition) is 0. The van der Waals surface area contributed by atoms with Crippen molar-refractivity contribution in [2.75, 3.05) is 13.2 Å². The lowest BCUT2D eigenvalue weighted by Gasteiger charge is -2.04. The van der Waals surface area contributed by atoms with E-state index in [1.54, 1.807) is 0 Å². The van der Waals surface area contributed by atoms with Crippen LogP contribution in [-0.4, -0.2) is 13.2 Å². The number of ether oxygens (including phenoxy) is 1. The van der Waals surface area contributed by atoms with Crippen LogP contribution < -0.4 is 0 Å². The zero-order chi connectivity index (χ0) is 12.2. The predicted molar refractivity (Wildman–Crippen MR) is 71.4 cm³/mol. The molecule has 0 fully saturated rings. The van der Waals surface area contributed by atoms with Gasteiger partial charge < -0.3 is 4.74 Å². The summed E-state index contributed by atoms with van der Waals surface area (Å²) in [6, 6.07) is 0. The van der Waals surface area contributed by atoms with Crippen LogP contribution in [0.25, 0.3) is 0 Å². The Bertz CT molecular complexity index is 195. The first-order valence-corrected chi connectivity index (χ1v) is 6.69. The van der Waals surface area contributed by atoms with Gasteiger partial charge in [0.25, 0.3) is 0 Å². The predicted octanol–water partition coefficient (Wildman–Crippen LogP) is 4.27. The molecule has 0 aliphatic heterocycles. The maximum absolute atomic E-state index is 5.55. The summed E-state index contributed by atoms with van der Waals surface area (Å²) < 4.78 is 5.55. The second kappa shape index (κ2) is 11.0. The summed E-state index contributed by atoms with van der Waals surface area (Å²) in [5.74, 6) is 7.66. The van der Waals surface area contributed by atoms with Crippen LogP contribution in [0.15, 0.2) is 0 Å². The minimum absolute atomic E-state index is 0.497. The van der Waals surface area contributed by atoms with Crippen molar-refractivity contribution < 1.29 is 4.74 Å². The van der Waals surface area contributed by atoms with E-state index in [0.29, 0.717) is 5.92 Å². The van der Waals surface area contributed by atoms with E-state index >= 15 is 0 Å². The standard InChI is InChI=1S/C15H28O/c1-14(2)10-6-5-8-12-16-13-9-7-11-15(3)4/h14-15H,5,7-9,11-13H2,1-4H3. The minimum Gasteiger partial charge on any atom is -0.381 e. The summed E-state index contributed by atoms with van der Waals surface area (Å²) in [6.07, 6.45) is 5.87. The van der Waals surface area contributed by atoms with Crippen molar-refractivity contribution in [2.45, 2.75) is 59.8 Å². The average molecular weight is 224 g/mol. The quantitative estimate of drug-likeness (QED) is 0.442. The third-order valence-electron chi connectivity index (χ3n) is 2.30. The Hall–Kier alpha value is -0.480. The maximum Gasteiger partial charge on any atom is 0.0475 e. The van der Waals surface area contributed by atoms with Crippen LogP contribution >= 0.6 is 0 Å². The first-order chi connectivity index (χ1) is 7.63. The summed E-state index contributed by atoms with van der Waals surface area (Å²) in [5.41, 5.74) is 0. The first kappa shape index (κ1) is 15.5. The van der Waals surface area contributed by atoms with Gasteiger partial charge in [0.15, 0.2) is 0 Å². The summed E-state index contributed by atoms with van der Waals surface area (Å²) in [7, 11) is 0. The highest BCUT2D eigenvalue weighted by atomic mass is 16.5. The molecule has 0 aromatic heterocycles. The van der Waals surface area contributed by atoms with Gasteiger partial charge in [-0.15, -0.1) is 11.8 Å². The van der Waals surface area contributed by atoms with Gasteiger partial charge in [0.05, 0.1) is 0 Å². The van der Waals surface area contributed by atoms with E-state index < -0.39 is 0 Å². The molecule has 0 amide bonds. The van der Waals surface area contributed by atoms with Crippen LogP contribution in [0.1, 0.15) is 59.8 Å². The highest BCUT2D eigenvalue weighted by Gasteiger charge is 1.94. The molecule has 0 saturated heterocycles. The number of rotatable bonds is 8. The summed E-state index contributed by atoms with van der Waals surface area (Å²) in [6.45, 7) is 10.6. The molecule has 0 atom stereocenters. The van der Waals surface area contributed by atoms with Crippen molar-refractivity contribution in [3.05, 3.63) is 0 Å². The molecule has 0 rings (SSSR count). The topological polar surface area (TPSA) is 9.23 Å². The van der Waals surface area contributed by atoms with Crippen LogP contribution in [0, 0.1) is 23.7 Å². The molecule has 0 unspecified atom stereocenters. The lowest BCUT2D eigenvalue weighted by Crippen LogP contribution is -1.97. The maximum atomic E-state index is 5.55. The third kappa shape index (κ3) is 13.5. The van der Waals surface area contributed by atoms with Crippen LogP contribution in [0.2, 0.25) is 0 Å². The van der Waals surface area contributed by atoms with Crippen LogP contribution in [0.3, 0.4) is 0 Å². The molecule has 0 saturated carbocycles. The Morgan fingerprint density at radius 1 is 0.938 bits per heavy atom. The Labute approximate surface area is 102 Å². The monoisotopic (exact) mass is 224 g/mol. The molecular weight excluding hydrogens is 196 g/mol. The van der Waals surface area contributed by atoms with Gasteiger partial charge in [0.2, 0.25) is 0 Å². The Morgan fingerprint density at radius 3 is 2.25 bits per heavy atom. The Kier molecular flexibility index (Phi) is 10.7. The molecule has 0 heterocycles. The molecule has 0 N–H and O–H groups in total. The van der Waals surface area contributed by atoms with Crippen molar-refractivity contribution in [2.24, 2.45) is 11.8 Å². The van der Waals surface area contributed by atoms with Crippen molar-refractivity contribution >= 4 is 0 Å². The Morgan fingerprint density at radius 2 is 1.62 bits per heavy atom. The SMILES string of the molecule is CC(C)C#CCCCOCCCCC(C)C. The normalized spacial score (nSPS) is 10.6. The fourth-order valence-corrected chi connectivity index (χ4v) is 1.40. The van der Waals surface area contributed by atoms with Crippen LogP contribution in [0.4, 0.5) is 0 Å². The van der Waals surface area contributed by atoms with Gasteiger partial charge in [-0.05, 0) is 18.8 Å². The highest BCUT2D eigenvalue weighted by molar-refractivity contribution is 5.00. The first-order valence-electron chi connectivity index (χ1n) is 6.69. The summed E-state index contributed by atoms with van der Waals surface area (Å²) in [5, 5.41) is 0. The van der Waals surface area contributed by atoms with E-state index in [4.69, 9.17) is 4.74 Å². The van der Waals surface area contributed by atoms with E-state index in [1.807, 2.05) is 0 Å². The van der Waals surface area contributed by atoms with Gasteiger partial charge in [0.1, 0.15) is 0 Å². The molecule has 0 aromatic rings. The molecule has 0 spiro atoms. The molecule has 1 heteroatoms. The Balaban J connectivity index is 3.08. The smallest absolute Gasteiger partial charge is 0.0475 e. The fraction of sp³-hybridized carbons (Fsp3) is 0.867. The molecule has 16 heavy (non-hydrogen) atoms. The fourth-order valence-electron chi connectivity index (χ4n) is 1.40. The van der Waals surface area contributed by atoms with Gasteiger partial charge in [0, 0.05) is 25.6 Å². The largest absolute Gasteiger partial charge is 0.381 e. The summed E-state index contributed by atoms with van der Waals surface area (Å²) >= 11 is 0. The zero-order valence-electron chi connectivity index (χ0n) is 11.5. The van der Waals surface area contributed by atoms with E-state index in [9.17, 15) is 0 Å².